The molecule has 0 radical (unpaired) electrons. The third-order valence-electron chi connectivity index (χ3n) is 7.45. The van der Waals surface area contributed by atoms with Crippen molar-refractivity contribution in [3.05, 3.63) is 79.3 Å². The summed E-state index contributed by atoms with van der Waals surface area (Å²) < 4.78 is 0. The van der Waals surface area contributed by atoms with Crippen molar-refractivity contribution in [2.75, 3.05) is 19.0 Å². The molecule has 1 atom stereocenters. The Morgan fingerprint density at radius 1 is 1.05 bits per heavy atom. The lowest BCUT2D eigenvalue weighted by molar-refractivity contribution is 0.276. The Bertz CT molecular complexity index is 1030. The number of rotatable bonds is 10. The number of nitrogens with zero attached hydrogens (tertiary/aromatic N) is 3. The number of nitrogens with one attached hydrogen (secondary N) is 1. The molecular weight excluding hydrogens is 500 g/mol. The first kappa shape index (κ1) is 38.1. The number of aromatic nitrogens is 2. The minimum atomic E-state index is 0.413. The molecule has 0 aliphatic heterocycles. The van der Waals surface area contributed by atoms with Gasteiger partial charge in [-0.05, 0) is 70.2 Å². The maximum atomic E-state index is 4.42. The molecule has 1 unspecified atom stereocenters. The summed E-state index contributed by atoms with van der Waals surface area (Å²) in [5.41, 5.74) is 3.84. The van der Waals surface area contributed by atoms with E-state index in [-0.39, 0.29) is 0 Å². The van der Waals surface area contributed by atoms with Gasteiger partial charge in [0, 0.05) is 25.5 Å². The average Bonchev–Trinajstić information content (AvgIpc) is 2.97. The van der Waals surface area contributed by atoms with Crippen LogP contribution in [0.25, 0.3) is 10.9 Å². The van der Waals surface area contributed by atoms with Crippen molar-refractivity contribution in [2.24, 2.45) is 11.8 Å². The molecule has 4 heteroatoms. The fourth-order valence-electron chi connectivity index (χ4n) is 4.87. The van der Waals surface area contributed by atoms with E-state index in [4.69, 9.17) is 0 Å². The van der Waals surface area contributed by atoms with Crippen LogP contribution in [0.3, 0.4) is 0 Å². The number of hydrogen-bond donors (Lipinski definition) is 1. The van der Waals surface area contributed by atoms with Crippen LogP contribution < -0.4 is 10.2 Å². The number of hydrogen-bond acceptors (Lipinski definition) is 4. The lowest BCUT2D eigenvalue weighted by Gasteiger charge is -2.25. The van der Waals surface area contributed by atoms with Gasteiger partial charge in [0.1, 0.15) is 11.6 Å². The Balaban J connectivity index is 0.000000577. The predicted molar refractivity (Wildman–Crippen MR) is 186 cm³/mol. The van der Waals surface area contributed by atoms with E-state index >= 15 is 0 Å². The van der Waals surface area contributed by atoms with Gasteiger partial charge in [-0.15, -0.1) is 19.7 Å². The maximum Gasteiger partial charge on any atom is 0.139 e. The first-order valence-electron chi connectivity index (χ1n) is 15.8. The molecule has 230 valence electrons. The highest BCUT2D eigenvalue weighted by atomic mass is 15.1. The van der Waals surface area contributed by atoms with Crippen molar-refractivity contribution in [3.63, 3.8) is 0 Å². The molecule has 3 rings (SSSR count). The molecule has 0 spiro atoms. The molecule has 2 aromatic rings. The van der Waals surface area contributed by atoms with Crippen molar-refractivity contribution >= 4 is 16.7 Å². The molecule has 0 saturated heterocycles. The molecule has 1 aromatic carbocycles. The number of anilines is 1. The number of allylic oxidation sites excluding steroid dienone is 3. The van der Waals surface area contributed by atoms with Crippen LogP contribution in [0.2, 0.25) is 0 Å². The van der Waals surface area contributed by atoms with Crippen molar-refractivity contribution in [2.45, 2.75) is 112 Å². The summed E-state index contributed by atoms with van der Waals surface area (Å²) in [5, 5.41) is 4.50. The molecule has 0 amide bonds. The Morgan fingerprint density at radius 2 is 1.68 bits per heavy atom. The molecule has 1 aromatic heterocycles. The second-order valence-corrected chi connectivity index (χ2v) is 11.4. The van der Waals surface area contributed by atoms with Crippen molar-refractivity contribution < 1.29 is 0 Å². The van der Waals surface area contributed by atoms with Crippen LogP contribution in [0.15, 0.2) is 73.5 Å². The highest BCUT2D eigenvalue weighted by Crippen LogP contribution is 2.30. The number of fused-ring (bicyclic) bond motifs is 1. The van der Waals surface area contributed by atoms with E-state index < -0.39 is 0 Å². The van der Waals surface area contributed by atoms with Gasteiger partial charge in [-0.25, -0.2) is 9.97 Å². The van der Waals surface area contributed by atoms with E-state index in [2.05, 4.69) is 88.8 Å². The Hall–Kier alpha value is -2.88. The fraction of sp³-hybridized carbons (Fsp3) is 0.568. The van der Waals surface area contributed by atoms with Gasteiger partial charge in [0.25, 0.3) is 0 Å². The van der Waals surface area contributed by atoms with Crippen LogP contribution in [0.4, 0.5) is 5.82 Å². The van der Waals surface area contributed by atoms with Gasteiger partial charge in [0.2, 0.25) is 0 Å². The second-order valence-electron chi connectivity index (χ2n) is 11.4. The highest BCUT2D eigenvalue weighted by molar-refractivity contribution is 5.89. The lowest BCUT2D eigenvalue weighted by atomic mass is 9.81. The summed E-state index contributed by atoms with van der Waals surface area (Å²) in [6.07, 6.45) is 18.4. The largest absolute Gasteiger partial charge is 0.385 e. The number of aryl methyl sites for hydroxylation is 1. The summed E-state index contributed by atoms with van der Waals surface area (Å²) in [5.74, 6) is 3.90. The first-order valence-corrected chi connectivity index (χ1v) is 15.8. The first-order chi connectivity index (χ1) is 19.6. The van der Waals surface area contributed by atoms with Crippen molar-refractivity contribution in [1.29, 1.82) is 0 Å². The van der Waals surface area contributed by atoms with Gasteiger partial charge in [-0.3, -0.25) is 0 Å². The summed E-state index contributed by atoms with van der Waals surface area (Å²) >= 11 is 0. The topological polar surface area (TPSA) is 41.1 Å². The Labute approximate surface area is 254 Å². The van der Waals surface area contributed by atoms with Crippen LogP contribution >= 0.6 is 0 Å². The predicted octanol–water partition coefficient (Wildman–Crippen LogP) is 10.6. The number of para-hydroxylation sites is 1. The minimum Gasteiger partial charge on any atom is -0.385 e. The van der Waals surface area contributed by atoms with Crippen molar-refractivity contribution in [3.8, 4) is 0 Å². The summed E-state index contributed by atoms with van der Waals surface area (Å²) in [7, 11) is 3.99. The van der Waals surface area contributed by atoms with Gasteiger partial charge in [-0.1, -0.05) is 102 Å². The zero-order chi connectivity index (χ0) is 31.2. The van der Waals surface area contributed by atoms with E-state index in [1.807, 2.05) is 56.3 Å². The molecule has 1 aliphatic carbocycles. The van der Waals surface area contributed by atoms with Gasteiger partial charge >= 0.3 is 0 Å². The standard InChI is InChI=1S/C14H25N.C11H13N3.C10H20.C2H4/c1-6-9-14(8-3)11-15-13(5)10-12(4)7-2;1-8-12-10-7-5-4-6-9(10)11(13-8)14(2)3;1-3-4-10-7-5-9(2)6-8-10;1-2/h6,10-11,13,15H,1,7-9H2,2-5H3;4-7H,1-3H3;9-10H,3-8H2,1-2H3;1-2H2/b12-10-,14-11-;;;. The van der Waals surface area contributed by atoms with Crippen LogP contribution in [-0.4, -0.2) is 30.1 Å². The smallest absolute Gasteiger partial charge is 0.139 e. The Morgan fingerprint density at radius 3 is 2.22 bits per heavy atom. The van der Waals surface area contributed by atoms with Crippen molar-refractivity contribution in [1.82, 2.24) is 15.3 Å². The minimum absolute atomic E-state index is 0.413. The molecule has 0 bridgehead atoms. The van der Waals surface area contributed by atoms with Gasteiger partial charge in [-0.2, -0.15) is 0 Å². The van der Waals surface area contributed by atoms with E-state index in [1.54, 1.807) is 0 Å². The SMILES string of the molecule is C=C.C=CC/C(=C\NC(C)/C=C(/C)CC)CC.CCCC1CCC(C)CC1.Cc1nc(N(C)C)c2ccccc2n1. The molecular formula is C37H62N4. The zero-order valence-corrected chi connectivity index (χ0v) is 28.1. The quantitative estimate of drug-likeness (QED) is 0.292. The molecule has 1 fully saturated rings. The van der Waals surface area contributed by atoms with Gasteiger partial charge in [0.05, 0.1) is 5.52 Å². The van der Waals surface area contributed by atoms with Gasteiger partial charge in [0.15, 0.2) is 0 Å². The van der Waals surface area contributed by atoms with E-state index in [9.17, 15) is 0 Å². The highest BCUT2D eigenvalue weighted by Gasteiger charge is 2.16. The van der Waals surface area contributed by atoms with Crippen LogP contribution in [0.5, 0.6) is 0 Å². The normalized spacial score (nSPS) is 17.5. The third kappa shape index (κ3) is 16.2. The molecule has 41 heavy (non-hydrogen) atoms. The van der Waals surface area contributed by atoms with E-state index in [1.165, 1.54) is 49.7 Å². The molecule has 1 N–H and O–H groups in total. The second kappa shape index (κ2) is 22.8. The summed E-state index contributed by atoms with van der Waals surface area (Å²) in [6, 6.07) is 8.47. The number of benzene rings is 1. The third-order valence-corrected chi connectivity index (χ3v) is 7.45. The maximum absolute atomic E-state index is 4.42. The van der Waals surface area contributed by atoms with E-state index in [0.717, 1.165) is 53.6 Å². The summed E-state index contributed by atoms with van der Waals surface area (Å²) in [4.78, 5) is 10.8. The van der Waals surface area contributed by atoms with Gasteiger partial charge < -0.3 is 10.2 Å². The molecule has 1 saturated carbocycles. The fourth-order valence-corrected chi connectivity index (χ4v) is 4.87. The van der Waals surface area contributed by atoms with Crippen LogP contribution in [-0.2, 0) is 0 Å². The molecule has 1 aliphatic rings. The Kier molecular flexibility index (Phi) is 21.2. The molecule has 1 heterocycles. The zero-order valence-electron chi connectivity index (χ0n) is 28.1. The van der Waals surface area contributed by atoms with Crippen LogP contribution in [0, 0.1) is 18.8 Å². The molecule has 4 nitrogen and oxygen atoms in total. The average molecular weight is 563 g/mol. The summed E-state index contributed by atoms with van der Waals surface area (Å²) in [6.45, 7) is 25.1. The van der Waals surface area contributed by atoms with Crippen LogP contribution in [0.1, 0.15) is 105 Å². The lowest BCUT2D eigenvalue weighted by Crippen LogP contribution is -2.18. The van der Waals surface area contributed by atoms with E-state index in [0.29, 0.717) is 6.04 Å². The monoisotopic (exact) mass is 562 g/mol.